The van der Waals surface area contributed by atoms with Crippen molar-refractivity contribution in [2.45, 2.75) is 107 Å². The number of hydrogen-bond acceptors (Lipinski definition) is 29. The van der Waals surface area contributed by atoms with Gasteiger partial charge in [0.2, 0.25) is 0 Å². The average Bonchev–Trinajstić information content (AvgIpc) is 0.854. The summed E-state index contributed by atoms with van der Waals surface area (Å²) in [6.07, 6.45) is 21.5. The van der Waals surface area contributed by atoms with E-state index < -0.39 is 0 Å². The number of aromatic amines is 2. The summed E-state index contributed by atoms with van der Waals surface area (Å²) < 4.78 is 39.4. The Morgan fingerprint density at radius 1 is 0.389 bits per heavy atom. The fourth-order valence-corrected chi connectivity index (χ4v) is 18.4. The maximum Gasteiger partial charge on any atom is 0.324 e. The first kappa shape index (κ1) is 105. The lowest BCUT2D eigenvalue weighted by Gasteiger charge is -2.29. The smallest absolute Gasteiger partial charge is 0.324 e. The lowest BCUT2D eigenvalue weighted by Crippen LogP contribution is -2.37. The summed E-state index contributed by atoms with van der Waals surface area (Å²) >= 11 is 2.00. The second-order valence-electron chi connectivity index (χ2n) is 36.8. The van der Waals surface area contributed by atoms with E-state index in [1.807, 2.05) is 140 Å². The third kappa shape index (κ3) is 31.6. The van der Waals surface area contributed by atoms with E-state index in [4.69, 9.17) is 68.0 Å². The number of rotatable bonds is 32. The number of benzene rings is 7. The van der Waals surface area contributed by atoms with Gasteiger partial charge in [0, 0.05) is 207 Å². The largest absolute Gasteiger partial charge is 0.488 e. The van der Waals surface area contributed by atoms with Gasteiger partial charge in [0.15, 0.2) is 11.6 Å². The summed E-state index contributed by atoms with van der Waals surface area (Å²) in [5, 5.41) is 2.44. The zero-order valence-electron chi connectivity index (χ0n) is 86.1. The number of nitrogens with one attached hydrogen (secondary N) is 2. The topological polar surface area (TPSA) is 317 Å². The van der Waals surface area contributed by atoms with Gasteiger partial charge in [-0.1, -0.05) is 194 Å². The van der Waals surface area contributed by atoms with E-state index in [1.54, 1.807) is 24.8 Å². The Bertz CT molecular complexity index is 7070. The zero-order chi connectivity index (χ0) is 102. The van der Waals surface area contributed by atoms with Gasteiger partial charge in [-0.3, -0.25) is 29.9 Å². The van der Waals surface area contributed by atoms with Crippen molar-refractivity contribution in [3.8, 4) is 46.3 Å². The molecule has 0 unspecified atom stereocenters. The summed E-state index contributed by atoms with van der Waals surface area (Å²) in [6, 6.07) is 76.3. The Morgan fingerprint density at radius 2 is 0.886 bits per heavy atom. The minimum absolute atomic E-state index is 0.294. The van der Waals surface area contributed by atoms with Crippen molar-refractivity contribution in [1.82, 2.24) is 69.8 Å². The molecule has 5 fully saturated rings. The van der Waals surface area contributed by atoms with Crippen LogP contribution in [0, 0.1) is 41.5 Å². The van der Waals surface area contributed by atoms with Gasteiger partial charge in [0.05, 0.1) is 120 Å². The summed E-state index contributed by atoms with van der Waals surface area (Å²) in [6.45, 7) is 32.0. The SMILES string of the molecule is CCCCCc1nc(CN=Cc2c[nH]c3ccccc23)cc(N2CCOCC2)n1.Cc1[nH]c2ccc(Cc3cc(N4CCOCC4)nc(OCCOc4cccnc4)n3)cc2c1C.Cc1cccc(C=NCc2cc(N3CCOCC3)nc(Oc3cccnc3)n2)c1.Cc1cccc(C=NCc2cc(N3CCSCC3)nc(-c3ccccc3)n2)c1.Cc1cccc(C=NCc2nc(-c3ccccc3)nc(N3CCOCC3)c2C)c1. The standard InChI is InChI=1S/C26H29N5O3.C24H26N4O.C23H29N5O.C23H24N4S.C22H23N5O2/c1-18-19(2)28-24-6-5-20(15-23(18)24)14-21-16-25(31-8-10-32-11-9-31)30-26(29-21)34-13-12-33-22-4-3-7-27-17-22;1-18-7-6-8-20(15-18)16-25-17-22-19(2)24(28-11-13-29-14-12-28)27-23(26-22)21-9-4-3-5-10-21;1-2-3-4-9-22-26-19(14-23(27-22)28-10-12-29-13-11-28)17-24-15-18-16-25-21-8-6-5-7-20(18)21;1-18-6-5-7-19(14-18)16-24-17-21-15-22(27-10-12-28-13-11-27)26-23(25-21)20-8-3-2-4-9-20;1-17-4-2-5-18(12-17)14-24-15-19-13-21(27-8-10-28-11-9-27)26-22(25-19)29-20-6-3-7-23-16-20/h3-7,15-17,28H,8-14H2,1-2H3;3-10,15-16H,11-14,17H2,1-2H3;5-8,14-16,25H,2-4,9-13,17H2,1H3;2-9,14-16H,10-13,17H2,1H3;2-7,12-14,16H,8-11,15H2,1H3. The minimum atomic E-state index is 0.294. The molecule has 0 spiro atoms. The van der Waals surface area contributed by atoms with Crippen molar-refractivity contribution in [3.63, 3.8) is 0 Å². The molecule has 5 aliphatic heterocycles. The van der Waals surface area contributed by atoms with Crippen LogP contribution in [0.4, 0.5) is 29.1 Å². The molecule has 0 atom stereocenters. The van der Waals surface area contributed by atoms with E-state index >= 15 is 0 Å². The maximum absolute atomic E-state index is 5.90. The number of aryl methyl sites for hydroxylation is 6. The highest BCUT2D eigenvalue weighted by Gasteiger charge is 2.25. The number of nitrogens with zero attached hydrogens (tertiary/aromatic N) is 21. The third-order valence-electron chi connectivity index (χ3n) is 25.5. The van der Waals surface area contributed by atoms with E-state index in [0.29, 0.717) is 95.8 Å². The van der Waals surface area contributed by atoms with Gasteiger partial charge in [-0.2, -0.15) is 31.7 Å². The highest BCUT2D eigenvalue weighted by molar-refractivity contribution is 7.99. The Kier molecular flexibility index (Phi) is 38.6. The molecule has 0 bridgehead atoms. The number of pyridine rings is 2. The number of anilines is 5. The lowest BCUT2D eigenvalue weighted by molar-refractivity contribution is 0.122. The number of aromatic nitrogens is 14. The van der Waals surface area contributed by atoms with Crippen LogP contribution in [0.15, 0.2) is 275 Å². The molecule has 14 heterocycles. The molecule has 16 aromatic rings. The van der Waals surface area contributed by atoms with Crippen LogP contribution in [0.25, 0.3) is 44.6 Å². The van der Waals surface area contributed by atoms with Gasteiger partial charge < -0.3 is 67.6 Å². The molecule has 0 aliphatic carbocycles. The Hall–Kier alpha value is -15.4. The van der Waals surface area contributed by atoms with Crippen LogP contribution in [0.1, 0.15) is 122 Å². The van der Waals surface area contributed by atoms with Crippen LogP contribution in [-0.4, -0.2) is 238 Å². The van der Waals surface area contributed by atoms with Crippen LogP contribution in [0.2, 0.25) is 0 Å². The monoisotopic (exact) mass is 2010 g/mol. The zero-order valence-corrected chi connectivity index (χ0v) is 87.0. The molecule has 0 radical (unpaired) electrons. The molecule has 30 nitrogen and oxygen atoms in total. The van der Waals surface area contributed by atoms with Gasteiger partial charge in [-0.25, -0.2) is 29.9 Å². The maximum atomic E-state index is 5.90. The van der Waals surface area contributed by atoms with Crippen LogP contribution >= 0.6 is 11.8 Å². The van der Waals surface area contributed by atoms with Crippen LogP contribution < -0.4 is 38.7 Å². The van der Waals surface area contributed by atoms with Crippen molar-refractivity contribution >= 4 is 87.5 Å². The first-order valence-electron chi connectivity index (χ1n) is 51.4. The summed E-state index contributed by atoms with van der Waals surface area (Å²) in [7, 11) is 0. The molecule has 0 amide bonds. The predicted octanol–water partition coefficient (Wildman–Crippen LogP) is 20.3. The van der Waals surface area contributed by atoms with Gasteiger partial charge in [-0.15, -0.1) is 0 Å². The summed E-state index contributed by atoms with van der Waals surface area (Å²) in [5.41, 5.74) is 21.8. The fourth-order valence-electron chi connectivity index (χ4n) is 17.5. The van der Waals surface area contributed by atoms with Crippen molar-refractivity contribution in [2.75, 3.05) is 168 Å². The molecule has 5 saturated heterocycles. The number of ether oxygens (including phenoxy) is 7. The molecule has 5 aliphatic rings. The first-order valence-corrected chi connectivity index (χ1v) is 52.6. The number of para-hydroxylation sites is 1. The number of unbranched alkanes of at least 4 members (excludes halogenated alkanes) is 2. The molecular weight excluding hydrogens is 1880 g/mol. The predicted molar refractivity (Wildman–Crippen MR) is 598 cm³/mol. The second-order valence-corrected chi connectivity index (χ2v) is 38.0. The van der Waals surface area contributed by atoms with E-state index in [9.17, 15) is 0 Å². The number of aliphatic imine (C=N–C) groups is 4. The fraction of sp³-hybridized carbons (Fsp3) is 0.322. The summed E-state index contributed by atoms with van der Waals surface area (Å²) in [4.78, 5) is 92.3. The number of thioether (sulfide) groups is 1. The number of H-pyrrole nitrogens is 2. The Labute approximate surface area is 876 Å². The minimum Gasteiger partial charge on any atom is -0.488 e. The number of hydrogen-bond donors (Lipinski definition) is 2. The molecule has 9 aromatic heterocycles. The van der Waals surface area contributed by atoms with Gasteiger partial charge >= 0.3 is 12.0 Å². The van der Waals surface area contributed by atoms with Crippen molar-refractivity contribution in [2.24, 2.45) is 20.0 Å². The average molecular weight is 2020 g/mol. The molecule has 31 heteroatoms. The van der Waals surface area contributed by atoms with E-state index in [-0.39, 0.29) is 0 Å². The van der Waals surface area contributed by atoms with Gasteiger partial charge in [-0.05, 0) is 118 Å². The quantitative estimate of drug-likeness (QED) is 0.0292. The Morgan fingerprint density at radius 3 is 1.46 bits per heavy atom. The second kappa shape index (κ2) is 54.9. The first-order chi connectivity index (χ1) is 73.2. The van der Waals surface area contributed by atoms with Gasteiger partial charge in [0.1, 0.15) is 59.6 Å². The lowest BCUT2D eigenvalue weighted by atomic mass is 10.0. The van der Waals surface area contributed by atoms with E-state index in [1.165, 1.54) is 57.1 Å². The highest BCUT2D eigenvalue weighted by Crippen LogP contribution is 2.32. The van der Waals surface area contributed by atoms with E-state index in [2.05, 4.69) is 255 Å². The molecule has 766 valence electrons. The van der Waals surface area contributed by atoms with Crippen molar-refractivity contribution in [1.29, 1.82) is 0 Å². The van der Waals surface area contributed by atoms with Gasteiger partial charge in [0.25, 0.3) is 0 Å². The summed E-state index contributed by atoms with van der Waals surface area (Å²) in [5.74, 6) is 10.7. The van der Waals surface area contributed by atoms with Crippen molar-refractivity contribution < 1.29 is 33.2 Å². The third-order valence-corrected chi connectivity index (χ3v) is 26.5. The molecule has 149 heavy (non-hydrogen) atoms. The molecule has 21 rings (SSSR count). The number of morpholine rings is 4. The normalized spacial score (nSPS) is 14.4. The van der Waals surface area contributed by atoms with Crippen LogP contribution in [0.3, 0.4) is 0 Å². The molecule has 2 N–H and O–H groups in total. The molecule has 0 saturated carbocycles. The van der Waals surface area contributed by atoms with Crippen molar-refractivity contribution in [3.05, 3.63) is 351 Å². The molecule has 7 aromatic carbocycles. The molecular formula is C118H131N23O7S. The highest BCUT2D eigenvalue weighted by atomic mass is 32.2. The van der Waals surface area contributed by atoms with E-state index in [0.717, 1.165) is 241 Å². The van der Waals surface area contributed by atoms with Crippen LogP contribution in [0.5, 0.6) is 23.5 Å². The van der Waals surface area contributed by atoms with Crippen LogP contribution in [-0.2, 0) is 58.0 Å². The Balaban J connectivity index is 0.000000127. The number of fused-ring (bicyclic) bond motifs is 2.